The molecule has 0 bridgehead atoms. The fourth-order valence-corrected chi connectivity index (χ4v) is 2.95. The molecule has 0 radical (unpaired) electrons. The molecule has 1 aromatic heterocycles. The van der Waals surface area contributed by atoms with E-state index >= 15 is 0 Å². The van der Waals surface area contributed by atoms with Gasteiger partial charge in [0, 0.05) is 18.8 Å². The van der Waals surface area contributed by atoms with E-state index in [0.29, 0.717) is 30.1 Å². The van der Waals surface area contributed by atoms with Gasteiger partial charge in [0.1, 0.15) is 5.69 Å². The Morgan fingerprint density at radius 1 is 1.50 bits per heavy atom. The molecule has 1 heterocycles. The van der Waals surface area contributed by atoms with Crippen LogP contribution in [0, 0.1) is 5.92 Å². The fraction of sp³-hybridized carbons (Fsp3) is 0.571. The van der Waals surface area contributed by atoms with Crippen LogP contribution in [0.4, 0.5) is 0 Å². The second kappa shape index (κ2) is 6.31. The van der Waals surface area contributed by atoms with Crippen LogP contribution in [0.2, 0.25) is 5.02 Å². The molecule has 20 heavy (non-hydrogen) atoms. The first-order chi connectivity index (χ1) is 9.51. The first-order valence-electron chi connectivity index (χ1n) is 6.90. The molecule has 1 amide bonds. The summed E-state index contributed by atoms with van der Waals surface area (Å²) in [6.07, 6.45) is 4.57. The molecule has 6 heteroatoms. The van der Waals surface area contributed by atoms with E-state index in [4.69, 9.17) is 16.7 Å². The number of carboxylic acid groups (broad SMARTS) is 1. The van der Waals surface area contributed by atoms with Crippen LogP contribution in [0.3, 0.4) is 0 Å². The van der Waals surface area contributed by atoms with Crippen molar-refractivity contribution < 1.29 is 14.7 Å². The van der Waals surface area contributed by atoms with Gasteiger partial charge in [-0.1, -0.05) is 18.0 Å². The highest BCUT2D eigenvalue weighted by Gasteiger charge is 2.28. The molecule has 1 aliphatic carbocycles. The van der Waals surface area contributed by atoms with Crippen molar-refractivity contribution in [1.29, 1.82) is 0 Å². The van der Waals surface area contributed by atoms with Gasteiger partial charge in [-0.25, -0.2) is 0 Å². The number of carbonyl (C=O) groups excluding carboxylic acids is 1. The monoisotopic (exact) mass is 298 g/mol. The second-order valence-corrected chi connectivity index (χ2v) is 5.64. The molecule has 0 saturated heterocycles. The number of amides is 1. The maximum absolute atomic E-state index is 12.2. The van der Waals surface area contributed by atoms with Crippen LogP contribution < -0.4 is 5.32 Å². The molecule has 2 rings (SSSR count). The van der Waals surface area contributed by atoms with Crippen LogP contribution in [0.25, 0.3) is 0 Å². The van der Waals surface area contributed by atoms with E-state index in [1.54, 1.807) is 16.8 Å². The highest BCUT2D eigenvalue weighted by Crippen LogP contribution is 2.25. The van der Waals surface area contributed by atoms with Crippen molar-refractivity contribution in [3.05, 3.63) is 23.0 Å². The lowest BCUT2D eigenvalue weighted by atomic mass is 9.86. The zero-order valence-corrected chi connectivity index (χ0v) is 12.2. The molecule has 2 N–H and O–H groups in total. The summed E-state index contributed by atoms with van der Waals surface area (Å²) in [5.74, 6) is -1.31. The van der Waals surface area contributed by atoms with Crippen LogP contribution in [0.15, 0.2) is 12.3 Å². The van der Waals surface area contributed by atoms with Crippen LogP contribution >= 0.6 is 11.6 Å². The standard InChI is InChI=1S/C14H19ClN2O3/c1-2-17-8-10(15)7-12(17)13(18)16-11-5-3-4-9(6-11)14(19)20/h7-9,11H,2-6H2,1H3,(H,16,18)(H,19,20). The molecule has 0 spiro atoms. The zero-order valence-electron chi connectivity index (χ0n) is 11.4. The van der Waals surface area contributed by atoms with Crippen molar-refractivity contribution >= 4 is 23.5 Å². The SMILES string of the molecule is CCn1cc(Cl)cc1C(=O)NC1CCCC(C(=O)O)C1. The average Bonchev–Trinajstić information content (AvgIpc) is 2.80. The van der Waals surface area contributed by atoms with E-state index in [0.717, 1.165) is 12.8 Å². The minimum Gasteiger partial charge on any atom is -0.481 e. The number of aliphatic carboxylic acids is 1. The lowest BCUT2D eigenvalue weighted by molar-refractivity contribution is -0.143. The molecule has 1 aromatic rings. The van der Waals surface area contributed by atoms with E-state index in [2.05, 4.69) is 5.32 Å². The topological polar surface area (TPSA) is 71.3 Å². The van der Waals surface area contributed by atoms with Gasteiger partial charge in [-0.15, -0.1) is 0 Å². The number of carbonyl (C=O) groups is 2. The number of aromatic nitrogens is 1. The van der Waals surface area contributed by atoms with Gasteiger partial charge in [-0.3, -0.25) is 9.59 Å². The molecular formula is C14H19ClN2O3. The van der Waals surface area contributed by atoms with Crippen molar-refractivity contribution in [3.8, 4) is 0 Å². The molecule has 5 nitrogen and oxygen atoms in total. The highest BCUT2D eigenvalue weighted by molar-refractivity contribution is 6.31. The normalized spacial score (nSPS) is 22.5. The van der Waals surface area contributed by atoms with Crippen LogP contribution in [-0.2, 0) is 11.3 Å². The lowest BCUT2D eigenvalue weighted by Gasteiger charge is -2.27. The predicted octanol–water partition coefficient (Wildman–Crippen LogP) is 2.53. The Bertz CT molecular complexity index is 513. The molecule has 2 atom stereocenters. The minimum atomic E-state index is -0.774. The smallest absolute Gasteiger partial charge is 0.306 e. The van der Waals surface area contributed by atoms with Gasteiger partial charge in [0.25, 0.3) is 5.91 Å². The van der Waals surface area contributed by atoms with Gasteiger partial charge < -0.3 is 15.0 Å². The van der Waals surface area contributed by atoms with Crippen LogP contribution in [0.5, 0.6) is 0 Å². The van der Waals surface area contributed by atoms with E-state index in [1.807, 2.05) is 6.92 Å². The Balaban J connectivity index is 2.02. The Morgan fingerprint density at radius 2 is 2.25 bits per heavy atom. The number of rotatable bonds is 4. The maximum Gasteiger partial charge on any atom is 0.306 e. The van der Waals surface area contributed by atoms with Crippen molar-refractivity contribution in [1.82, 2.24) is 9.88 Å². The summed E-state index contributed by atoms with van der Waals surface area (Å²) >= 11 is 5.92. The van der Waals surface area contributed by atoms with Gasteiger partial charge in [0.15, 0.2) is 0 Å². The summed E-state index contributed by atoms with van der Waals surface area (Å²) in [6, 6.07) is 1.56. The lowest BCUT2D eigenvalue weighted by Crippen LogP contribution is -2.40. The Labute approximate surface area is 122 Å². The molecule has 1 fully saturated rings. The molecule has 0 aliphatic heterocycles. The maximum atomic E-state index is 12.2. The van der Waals surface area contributed by atoms with Crippen molar-refractivity contribution in [2.45, 2.75) is 45.2 Å². The quantitative estimate of drug-likeness (QED) is 0.897. The average molecular weight is 299 g/mol. The number of hydrogen-bond acceptors (Lipinski definition) is 2. The van der Waals surface area contributed by atoms with Crippen LogP contribution in [-0.4, -0.2) is 27.6 Å². The Morgan fingerprint density at radius 3 is 2.90 bits per heavy atom. The van der Waals surface area contributed by atoms with Gasteiger partial charge in [-0.2, -0.15) is 0 Å². The molecule has 110 valence electrons. The highest BCUT2D eigenvalue weighted by atomic mass is 35.5. The van der Waals surface area contributed by atoms with Crippen LogP contribution in [0.1, 0.15) is 43.1 Å². The van der Waals surface area contributed by atoms with Crippen molar-refractivity contribution in [2.24, 2.45) is 5.92 Å². The van der Waals surface area contributed by atoms with E-state index in [9.17, 15) is 9.59 Å². The first kappa shape index (κ1) is 14.9. The third-order valence-corrected chi connectivity index (χ3v) is 4.00. The van der Waals surface area contributed by atoms with Gasteiger partial charge >= 0.3 is 5.97 Å². The number of nitrogens with zero attached hydrogens (tertiary/aromatic N) is 1. The third kappa shape index (κ3) is 3.33. The fourth-order valence-electron chi connectivity index (χ4n) is 2.73. The second-order valence-electron chi connectivity index (χ2n) is 5.20. The summed E-state index contributed by atoms with van der Waals surface area (Å²) in [6.45, 7) is 2.60. The molecule has 1 aliphatic rings. The number of hydrogen-bond donors (Lipinski definition) is 2. The number of aryl methyl sites for hydroxylation is 1. The Kier molecular flexibility index (Phi) is 4.70. The van der Waals surface area contributed by atoms with Gasteiger partial charge in [-0.05, 0) is 32.3 Å². The summed E-state index contributed by atoms with van der Waals surface area (Å²) in [5, 5.41) is 12.5. The van der Waals surface area contributed by atoms with Gasteiger partial charge in [0.05, 0.1) is 10.9 Å². The van der Waals surface area contributed by atoms with E-state index < -0.39 is 5.97 Å². The number of halogens is 1. The van der Waals surface area contributed by atoms with Crippen molar-refractivity contribution in [2.75, 3.05) is 0 Å². The summed E-state index contributed by atoms with van der Waals surface area (Å²) < 4.78 is 1.79. The summed E-state index contributed by atoms with van der Waals surface area (Å²) in [7, 11) is 0. The third-order valence-electron chi connectivity index (χ3n) is 3.80. The number of nitrogens with one attached hydrogen (secondary N) is 1. The minimum absolute atomic E-state index is 0.0728. The van der Waals surface area contributed by atoms with E-state index in [-0.39, 0.29) is 17.9 Å². The summed E-state index contributed by atoms with van der Waals surface area (Å²) in [4.78, 5) is 23.3. The molecule has 0 aromatic carbocycles. The predicted molar refractivity (Wildman–Crippen MR) is 76.0 cm³/mol. The number of carboxylic acids is 1. The Hall–Kier alpha value is -1.49. The molecular weight excluding hydrogens is 280 g/mol. The largest absolute Gasteiger partial charge is 0.481 e. The zero-order chi connectivity index (χ0) is 14.7. The molecule has 1 saturated carbocycles. The summed E-state index contributed by atoms with van der Waals surface area (Å²) in [5.41, 5.74) is 0.523. The van der Waals surface area contributed by atoms with E-state index in [1.165, 1.54) is 0 Å². The van der Waals surface area contributed by atoms with Crippen molar-refractivity contribution in [3.63, 3.8) is 0 Å². The molecule has 2 unspecified atom stereocenters. The van der Waals surface area contributed by atoms with Gasteiger partial charge in [0.2, 0.25) is 0 Å². The first-order valence-corrected chi connectivity index (χ1v) is 7.28.